The number of amides is 1. The molecular weight excluding hydrogens is 280 g/mol. The Hall–Kier alpha value is -1.47. The van der Waals surface area contributed by atoms with E-state index < -0.39 is 0 Å². The Morgan fingerprint density at radius 3 is 3.05 bits per heavy atom. The number of aromatic nitrogens is 2. The van der Waals surface area contributed by atoms with Gasteiger partial charge in [0.1, 0.15) is 6.04 Å². The number of carbonyl (C=O) groups excluding carboxylic acids is 1. The molecule has 1 amide bonds. The summed E-state index contributed by atoms with van der Waals surface area (Å²) in [6.07, 6.45) is 5.55. The van der Waals surface area contributed by atoms with Gasteiger partial charge in [0.15, 0.2) is 9.93 Å². The van der Waals surface area contributed by atoms with Crippen LogP contribution in [-0.2, 0) is 11.8 Å². The zero-order chi connectivity index (χ0) is 13.2. The zero-order valence-electron chi connectivity index (χ0n) is 10.5. The Morgan fingerprint density at radius 1 is 1.47 bits per heavy atom. The molecule has 2 aromatic heterocycles. The summed E-state index contributed by atoms with van der Waals surface area (Å²) in [4.78, 5) is 23.7. The molecule has 1 fully saturated rings. The third-order valence-electron chi connectivity index (χ3n) is 3.17. The number of thiazole rings is 2. The first-order valence-electron chi connectivity index (χ1n) is 6.10. The van der Waals surface area contributed by atoms with Crippen molar-refractivity contribution in [1.82, 2.24) is 9.55 Å². The molecule has 19 heavy (non-hydrogen) atoms. The normalized spacial score (nSPS) is 20.2. The van der Waals surface area contributed by atoms with E-state index in [1.54, 1.807) is 17.5 Å². The molecule has 7 heteroatoms. The number of nitrogens with zero attached hydrogens (tertiary/aromatic N) is 4. The molecule has 3 rings (SSSR count). The van der Waals surface area contributed by atoms with Crippen molar-refractivity contribution >= 4 is 33.7 Å². The maximum absolute atomic E-state index is 12.3. The fraction of sp³-hybridized carbons (Fsp3) is 0.417. The lowest BCUT2D eigenvalue weighted by atomic mass is 10.2. The van der Waals surface area contributed by atoms with Gasteiger partial charge in [-0.1, -0.05) is 0 Å². The van der Waals surface area contributed by atoms with E-state index >= 15 is 0 Å². The third kappa shape index (κ3) is 2.48. The second-order valence-corrected chi connectivity index (χ2v) is 6.16. The van der Waals surface area contributed by atoms with Crippen molar-refractivity contribution in [3.05, 3.63) is 28.0 Å². The first-order valence-corrected chi connectivity index (χ1v) is 7.86. The minimum atomic E-state index is -0.159. The highest BCUT2D eigenvalue weighted by Crippen LogP contribution is 2.27. The summed E-state index contributed by atoms with van der Waals surface area (Å²) >= 11 is 3.05. The van der Waals surface area contributed by atoms with Crippen LogP contribution in [0.15, 0.2) is 28.1 Å². The average Bonchev–Trinajstić information content (AvgIpc) is 3.09. The average molecular weight is 294 g/mol. The van der Waals surface area contributed by atoms with Crippen molar-refractivity contribution in [3.8, 4) is 0 Å². The Balaban J connectivity index is 1.86. The summed E-state index contributed by atoms with van der Waals surface area (Å²) in [5.74, 6) is -0.0641. The molecule has 0 N–H and O–H groups in total. The van der Waals surface area contributed by atoms with Gasteiger partial charge in [0, 0.05) is 36.7 Å². The van der Waals surface area contributed by atoms with Crippen LogP contribution in [-0.4, -0.2) is 28.0 Å². The van der Waals surface area contributed by atoms with E-state index in [4.69, 9.17) is 0 Å². The molecule has 0 aromatic carbocycles. The molecule has 5 nitrogen and oxygen atoms in total. The van der Waals surface area contributed by atoms with Crippen LogP contribution in [0.1, 0.15) is 12.8 Å². The van der Waals surface area contributed by atoms with Gasteiger partial charge in [-0.15, -0.1) is 22.7 Å². The van der Waals surface area contributed by atoms with E-state index in [2.05, 4.69) is 14.9 Å². The van der Waals surface area contributed by atoms with Crippen molar-refractivity contribution in [2.75, 3.05) is 11.4 Å². The molecule has 100 valence electrons. The first kappa shape index (κ1) is 12.6. The van der Waals surface area contributed by atoms with Gasteiger partial charge in [0.2, 0.25) is 0 Å². The molecule has 3 heterocycles. The highest BCUT2D eigenvalue weighted by Gasteiger charge is 2.32. The standard InChI is InChI=1S/C12H14N4OS2/c1-15-6-8-19-12(15)14-10(17)9-3-2-5-16(9)11-13-4-7-18-11/h4,6-9H,2-3,5H2,1H3. The maximum atomic E-state index is 12.3. The van der Waals surface area contributed by atoms with Gasteiger partial charge in [0.05, 0.1) is 0 Å². The molecule has 1 unspecified atom stereocenters. The summed E-state index contributed by atoms with van der Waals surface area (Å²) in [6.45, 7) is 0.885. The predicted octanol–water partition coefficient (Wildman–Crippen LogP) is 1.64. The molecule has 0 spiro atoms. The Morgan fingerprint density at radius 2 is 2.37 bits per heavy atom. The summed E-state index contributed by atoms with van der Waals surface area (Å²) in [6, 6.07) is -0.159. The maximum Gasteiger partial charge on any atom is 0.271 e. The van der Waals surface area contributed by atoms with Gasteiger partial charge in [-0.2, -0.15) is 4.99 Å². The third-order valence-corrected chi connectivity index (χ3v) is 4.82. The molecule has 1 aliphatic rings. The summed E-state index contributed by atoms with van der Waals surface area (Å²) in [5, 5.41) is 4.78. The predicted molar refractivity (Wildman–Crippen MR) is 76.3 cm³/mol. The Labute approximate surface area is 118 Å². The van der Waals surface area contributed by atoms with E-state index in [0.29, 0.717) is 0 Å². The molecule has 1 atom stereocenters. The highest BCUT2D eigenvalue weighted by molar-refractivity contribution is 7.13. The number of aryl methyl sites for hydroxylation is 1. The van der Waals surface area contributed by atoms with E-state index in [1.165, 1.54) is 11.3 Å². The lowest BCUT2D eigenvalue weighted by Crippen LogP contribution is -2.36. The van der Waals surface area contributed by atoms with Crippen LogP contribution < -0.4 is 9.70 Å². The van der Waals surface area contributed by atoms with Crippen molar-refractivity contribution in [2.45, 2.75) is 18.9 Å². The summed E-state index contributed by atoms with van der Waals surface area (Å²) in [5.41, 5.74) is 0. The highest BCUT2D eigenvalue weighted by atomic mass is 32.1. The molecule has 0 radical (unpaired) electrons. The molecular formula is C12H14N4OS2. The number of hydrogen-bond donors (Lipinski definition) is 0. The lowest BCUT2D eigenvalue weighted by Gasteiger charge is -2.20. The van der Waals surface area contributed by atoms with Gasteiger partial charge < -0.3 is 9.47 Å². The molecule has 1 aliphatic heterocycles. The van der Waals surface area contributed by atoms with Crippen molar-refractivity contribution in [1.29, 1.82) is 0 Å². The van der Waals surface area contributed by atoms with E-state index in [1.807, 2.05) is 28.6 Å². The Kier molecular flexibility index (Phi) is 3.48. The van der Waals surface area contributed by atoms with Gasteiger partial charge in [-0.05, 0) is 12.8 Å². The lowest BCUT2D eigenvalue weighted by molar-refractivity contribution is -0.119. The number of carbonyl (C=O) groups is 1. The van der Waals surface area contributed by atoms with Gasteiger partial charge in [0.25, 0.3) is 5.91 Å². The molecule has 0 bridgehead atoms. The van der Waals surface area contributed by atoms with Crippen LogP contribution in [0.3, 0.4) is 0 Å². The quantitative estimate of drug-likeness (QED) is 0.846. The Bertz CT molecular complexity index is 628. The zero-order valence-corrected chi connectivity index (χ0v) is 12.2. The van der Waals surface area contributed by atoms with Gasteiger partial charge >= 0.3 is 0 Å². The number of rotatable bonds is 2. The van der Waals surface area contributed by atoms with Crippen molar-refractivity contribution in [2.24, 2.45) is 12.0 Å². The van der Waals surface area contributed by atoms with Gasteiger partial charge in [-0.3, -0.25) is 4.79 Å². The number of anilines is 1. The molecule has 0 aliphatic carbocycles. The van der Waals surface area contributed by atoms with Crippen LogP contribution in [0, 0.1) is 0 Å². The minimum Gasteiger partial charge on any atom is -0.336 e. The second kappa shape index (κ2) is 5.26. The van der Waals surface area contributed by atoms with E-state index in [-0.39, 0.29) is 11.9 Å². The van der Waals surface area contributed by atoms with Crippen molar-refractivity contribution < 1.29 is 4.79 Å². The van der Waals surface area contributed by atoms with Gasteiger partial charge in [-0.25, -0.2) is 4.98 Å². The topological polar surface area (TPSA) is 50.5 Å². The molecule has 0 saturated carbocycles. The second-order valence-electron chi connectivity index (χ2n) is 4.41. The van der Waals surface area contributed by atoms with Crippen LogP contribution in [0.2, 0.25) is 0 Å². The fourth-order valence-corrected chi connectivity index (χ4v) is 3.67. The van der Waals surface area contributed by atoms with Crippen LogP contribution in [0.5, 0.6) is 0 Å². The fourth-order valence-electron chi connectivity index (χ4n) is 2.21. The largest absolute Gasteiger partial charge is 0.336 e. The SMILES string of the molecule is Cn1ccsc1=NC(=O)C1CCCN1c1nccs1. The van der Waals surface area contributed by atoms with Crippen LogP contribution in [0.4, 0.5) is 5.13 Å². The van der Waals surface area contributed by atoms with E-state index in [0.717, 1.165) is 29.3 Å². The number of hydrogen-bond acceptors (Lipinski definition) is 5. The first-order chi connectivity index (χ1) is 9.25. The van der Waals surface area contributed by atoms with E-state index in [9.17, 15) is 4.79 Å². The monoisotopic (exact) mass is 294 g/mol. The smallest absolute Gasteiger partial charge is 0.271 e. The summed E-state index contributed by atoms with van der Waals surface area (Å²) < 4.78 is 1.87. The van der Waals surface area contributed by atoms with Crippen LogP contribution >= 0.6 is 22.7 Å². The van der Waals surface area contributed by atoms with Crippen molar-refractivity contribution in [3.63, 3.8) is 0 Å². The van der Waals surface area contributed by atoms with Crippen LogP contribution in [0.25, 0.3) is 0 Å². The minimum absolute atomic E-state index is 0.0641. The molecule has 1 saturated heterocycles. The molecule has 2 aromatic rings. The summed E-state index contributed by atoms with van der Waals surface area (Å²) in [7, 11) is 1.90.